The largest absolute Gasteiger partial charge is 0.478 e. The SMILES string of the molecule is Cc1cc(Cc2nc3ccc(C(=O)O)cc3n2[C@@H]2COCC2(C)C)c(F)cc1-c1cccc(OCc2ncc(Cl)s2)n1. The minimum Gasteiger partial charge on any atom is -0.478 e. The molecule has 42 heavy (non-hydrogen) atoms. The van der Waals surface area contributed by atoms with E-state index < -0.39 is 5.97 Å². The van der Waals surface area contributed by atoms with E-state index in [1.165, 1.54) is 17.4 Å². The van der Waals surface area contributed by atoms with Crippen molar-refractivity contribution in [2.75, 3.05) is 13.2 Å². The molecule has 1 saturated heterocycles. The predicted octanol–water partition coefficient (Wildman–Crippen LogP) is 7.12. The third-order valence-corrected chi connectivity index (χ3v) is 8.67. The Balaban J connectivity index is 1.33. The molecule has 0 bridgehead atoms. The highest BCUT2D eigenvalue weighted by Crippen LogP contribution is 2.40. The van der Waals surface area contributed by atoms with Crippen LogP contribution < -0.4 is 4.74 Å². The number of hydrogen-bond acceptors (Lipinski definition) is 7. The average Bonchev–Trinajstić information content (AvgIpc) is 3.64. The summed E-state index contributed by atoms with van der Waals surface area (Å²) in [5, 5.41) is 10.3. The molecule has 3 aromatic heterocycles. The molecule has 0 amide bonds. The predicted molar refractivity (Wildman–Crippen MR) is 159 cm³/mol. The third kappa shape index (κ3) is 5.49. The van der Waals surface area contributed by atoms with Crippen molar-refractivity contribution in [3.8, 4) is 17.1 Å². The van der Waals surface area contributed by atoms with E-state index >= 15 is 4.39 Å². The van der Waals surface area contributed by atoms with Gasteiger partial charge in [0, 0.05) is 23.5 Å². The molecule has 1 N–H and O–H groups in total. The molecule has 6 rings (SSSR count). The molecule has 1 aliphatic rings. The summed E-state index contributed by atoms with van der Waals surface area (Å²) >= 11 is 7.29. The first kappa shape index (κ1) is 28.3. The number of aryl methyl sites for hydroxylation is 1. The number of hydrogen-bond donors (Lipinski definition) is 1. The molecular formula is C31H28ClFN4O4S. The molecule has 11 heteroatoms. The van der Waals surface area contributed by atoms with E-state index in [0.29, 0.717) is 57.1 Å². The number of ether oxygens (including phenoxy) is 2. The Hall–Kier alpha value is -3.86. The van der Waals surface area contributed by atoms with E-state index in [2.05, 4.69) is 23.8 Å². The van der Waals surface area contributed by atoms with Crippen molar-refractivity contribution < 1.29 is 23.8 Å². The molecule has 5 aromatic rings. The average molecular weight is 607 g/mol. The maximum absolute atomic E-state index is 15.7. The molecule has 0 saturated carbocycles. The maximum atomic E-state index is 15.7. The fraction of sp³-hybridized carbons (Fsp3) is 0.290. The lowest BCUT2D eigenvalue weighted by Gasteiger charge is -2.28. The van der Waals surface area contributed by atoms with Gasteiger partial charge >= 0.3 is 5.97 Å². The summed E-state index contributed by atoms with van der Waals surface area (Å²) in [5.74, 6) is -0.342. The Morgan fingerprint density at radius 1 is 1.24 bits per heavy atom. The highest BCUT2D eigenvalue weighted by molar-refractivity contribution is 7.15. The second-order valence-corrected chi connectivity index (χ2v) is 12.8. The molecule has 0 unspecified atom stereocenters. The standard InChI is InChI=1S/C31H28ClFN4O4S/c1-17-9-19(21(33)12-20(17)22-5-4-6-28(36-22)41-15-29-34-13-26(32)42-29)11-27-35-23-8-7-18(30(38)39)10-24(23)37(27)25-14-40-16-31(25,2)3/h4-10,12-13,25H,11,14-16H2,1-3H3,(H,38,39)/t25-/m1/s1. The summed E-state index contributed by atoms with van der Waals surface area (Å²) in [6.45, 7) is 7.39. The van der Waals surface area contributed by atoms with Gasteiger partial charge in [0.15, 0.2) is 0 Å². The lowest BCUT2D eigenvalue weighted by atomic mass is 9.87. The Labute approximate surface area is 250 Å². The van der Waals surface area contributed by atoms with Gasteiger partial charge in [0.2, 0.25) is 5.88 Å². The van der Waals surface area contributed by atoms with Gasteiger partial charge in [-0.2, -0.15) is 0 Å². The number of rotatable bonds is 8. The highest BCUT2D eigenvalue weighted by atomic mass is 35.5. The first-order valence-corrected chi connectivity index (χ1v) is 14.6. The van der Waals surface area contributed by atoms with Gasteiger partial charge in [0.1, 0.15) is 27.6 Å². The van der Waals surface area contributed by atoms with Crippen LogP contribution in [0, 0.1) is 18.2 Å². The van der Waals surface area contributed by atoms with Crippen LogP contribution in [0.5, 0.6) is 5.88 Å². The van der Waals surface area contributed by atoms with E-state index in [1.807, 2.05) is 29.7 Å². The molecule has 216 valence electrons. The van der Waals surface area contributed by atoms with Gasteiger partial charge in [-0.15, -0.1) is 11.3 Å². The van der Waals surface area contributed by atoms with Crippen molar-refractivity contribution in [2.45, 2.75) is 39.8 Å². The van der Waals surface area contributed by atoms with Gasteiger partial charge in [-0.3, -0.25) is 0 Å². The zero-order valence-electron chi connectivity index (χ0n) is 23.2. The molecule has 1 fully saturated rings. The minimum atomic E-state index is -1.01. The zero-order valence-corrected chi connectivity index (χ0v) is 24.8. The Morgan fingerprint density at radius 2 is 2.07 bits per heavy atom. The number of carboxylic acids is 1. The maximum Gasteiger partial charge on any atom is 0.335 e. The zero-order chi connectivity index (χ0) is 29.6. The van der Waals surface area contributed by atoms with Crippen LogP contribution in [0.2, 0.25) is 4.34 Å². The summed E-state index contributed by atoms with van der Waals surface area (Å²) in [4.78, 5) is 25.3. The van der Waals surface area contributed by atoms with Gasteiger partial charge in [-0.05, 0) is 48.4 Å². The molecule has 8 nitrogen and oxygen atoms in total. The number of thiazole rings is 1. The fourth-order valence-corrected chi connectivity index (χ4v) is 6.26. The van der Waals surface area contributed by atoms with Crippen LogP contribution in [-0.2, 0) is 17.8 Å². The van der Waals surface area contributed by atoms with Crippen LogP contribution in [0.4, 0.5) is 4.39 Å². The van der Waals surface area contributed by atoms with Crippen LogP contribution in [0.1, 0.15) is 52.2 Å². The smallest absolute Gasteiger partial charge is 0.335 e. The van der Waals surface area contributed by atoms with Crippen molar-refractivity contribution in [1.29, 1.82) is 0 Å². The van der Waals surface area contributed by atoms with Crippen molar-refractivity contribution in [1.82, 2.24) is 19.5 Å². The molecular weight excluding hydrogens is 579 g/mol. The first-order chi connectivity index (χ1) is 20.1. The normalized spacial score (nSPS) is 16.3. The lowest BCUT2D eigenvalue weighted by molar-refractivity contribution is 0.0697. The Kier molecular flexibility index (Phi) is 7.46. The summed E-state index contributed by atoms with van der Waals surface area (Å²) in [5.41, 5.74) is 3.89. The second kappa shape index (κ2) is 11.1. The number of carboxylic acid groups (broad SMARTS) is 1. The van der Waals surface area contributed by atoms with Crippen molar-refractivity contribution in [3.63, 3.8) is 0 Å². The minimum absolute atomic E-state index is 0.0858. The van der Waals surface area contributed by atoms with Crippen molar-refractivity contribution in [2.24, 2.45) is 5.41 Å². The van der Waals surface area contributed by atoms with Crippen LogP contribution in [0.25, 0.3) is 22.3 Å². The number of carbonyl (C=O) groups is 1. The molecule has 0 aliphatic carbocycles. The number of imidazole rings is 1. The Morgan fingerprint density at radius 3 is 2.79 bits per heavy atom. The van der Waals surface area contributed by atoms with Gasteiger partial charge in [-0.1, -0.05) is 37.6 Å². The summed E-state index contributed by atoms with van der Waals surface area (Å²) in [7, 11) is 0. The van der Waals surface area contributed by atoms with E-state index in [0.717, 1.165) is 10.6 Å². The summed E-state index contributed by atoms with van der Waals surface area (Å²) in [6, 6.07) is 13.5. The highest BCUT2D eigenvalue weighted by Gasteiger charge is 2.39. The van der Waals surface area contributed by atoms with E-state index in [9.17, 15) is 9.90 Å². The number of nitrogens with zero attached hydrogens (tertiary/aromatic N) is 4. The van der Waals surface area contributed by atoms with E-state index in [-0.39, 0.29) is 35.9 Å². The van der Waals surface area contributed by atoms with Crippen LogP contribution >= 0.6 is 22.9 Å². The first-order valence-electron chi connectivity index (χ1n) is 13.4. The van der Waals surface area contributed by atoms with Gasteiger partial charge in [-0.25, -0.2) is 24.1 Å². The number of aromatic nitrogens is 4. The summed E-state index contributed by atoms with van der Waals surface area (Å²) < 4.78 is 30.0. The van der Waals surface area contributed by atoms with Crippen molar-refractivity contribution >= 4 is 39.9 Å². The lowest BCUT2D eigenvalue weighted by Crippen LogP contribution is -2.27. The number of pyridine rings is 1. The quantitative estimate of drug-likeness (QED) is 0.201. The van der Waals surface area contributed by atoms with Gasteiger partial charge in [0.25, 0.3) is 0 Å². The van der Waals surface area contributed by atoms with Gasteiger partial charge in [0.05, 0.1) is 47.7 Å². The van der Waals surface area contributed by atoms with E-state index in [4.69, 9.17) is 26.1 Å². The van der Waals surface area contributed by atoms with E-state index in [1.54, 1.807) is 30.5 Å². The number of halogens is 2. The van der Waals surface area contributed by atoms with Crippen molar-refractivity contribution in [3.05, 3.63) is 92.4 Å². The fourth-order valence-electron chi connectivity index (χ4n) is 5.39. The third-order valence-electron chi connectivity index (χ3n) is 7.58. The summed E-state index contributed by atoms with van der Waals surface area (Å²) in [6.07, 6.45) is 1.80. The monoisotopic (exact) mass is 606 g/mol. The molecule has 4 heterocycles. The molecule has 2 aromatic carbocycles. The molecule has 0 radical (unpaired) electrons. The van der Waals surface area contributed by atoms with Gasteiger partial charge < -0.3 is 19.1 Å². The van der Waals surface area contributed by atoms with Crippen LogP contribution in [0.15, 0.2) is 54.7 Å². The number of aromatic carboxylic acids is 1. The van der Waals surface area contributed by atoms with Crippen LogP contribution in [0.3, 0.4) is 0 Å². The molecule has 1 aliphatic heterocycles. The van der Waals surface area contributed by atoms with Crippen LogP contribution in [-0.4, -0.2) is 43.8 Å². The number of fused-ring (bicyclic) bond motifs is 1. The molecule has 0 spiro atoms. The second-order valence-electron chi connectivity index (χ2n) is 11.1. The molecule has 1 atom stereocenters. The topological polar surface area (TPSA) is 99.4 Å². The Bertz CT molecular complexity index is 1820. The number of benzene rings is 2.